The number of amides is 1. The number of pyridine rings is 1. The molecular formula is C24H21N3O2. The van der Waals surface area contributed by atoms with Gasteiger partial charge in [0.25, 0.3) is 0 Å². The van der Waals surface area contributed by atoms with E-state index in [0.717, 1.165) is 22.3 Å². The zero-order chi connectivity index (χ0) is 20.2. The number of hydrogen-bond acceptors (Lipinski definition) is 4. The van der Waals surface area contributed by atoms with Crippen LogP contribution in [0.15, 0.2) is 79.1 Å². The maximum Gasteiger partial charge on any atom is 0.228 e. The first-order chi connectivity index (χ1) is 14.2. The number of carbonyl (C=O) groups is 1. The molecule has 2 aromatic carbocycles. The van der Waals surface area contributed by atoms with Gasteiger partial charge in [-0.2, -0.15) is 5.26 Å². The Hall–Kier alpha value is -3.49. The molecule has 0 spiro atoms. The highest BCUT2D eigenvalue weighted by Crippen LogP contribution is 2.41. The lowest BCUT2D eigenvalue weighted by atomic mass is 9.75. The molecule has 1 aliphatic heterocycles. The number of rotatable bonds is 5. The van der Waals surface area contributed by atoms with Crippen molar-refractivity contribution in [3.63, 3.8) is 0 Å². The first-order valence-corrected chi connectivity index (χ1v) is 9.59. The van der Waals surface area contributed by atoms with Gasteiger partial charge in [-0.1, -0.05) is 54.6 Å². The van der Waals surface area contributed by atoms with Gasteiger partial charge < -0.3 is 10.0 Å². The number of carbonyl (C=O) groups excluding carboxylic acids is 1. The summed E-state index contributed by atoms with van der Waals surface area (Å²) in [6.07, 6.45) is 3.47. The van der Waals surface area contributed by atoms with Gasteiger partial charge in [-0.3, -0.25) is 9.78 Å². The van der Waals surface area contributed by atoms with E-state index in [2.05, 4.69) is 11.1 Å². The minimum atomic E-state index is -0.580. The molecule has 0 aliphatic carbocycles. The summed E-state index contributed by atoms with van der Waals surface area (Å²) in [4.78, 5) is 18.3. The molecule has 2 heterocycles. The zero-order valence-electron chi connectivity index (χ0n) is 15.8. The second-order valence-corrected chi connectivity index (χ2v) is 7.17. The fraction of sp³-hybridized carbons (Fsp3) is 0.208. The Balaban J connectivity index is 1.54. The number of nitriles is 1. The van der Waals surface area contributed by atoms with Crippen molar-refractivity contribution in [2.24, 2.45) is 0 Å². The Morgan fingerprint density at radius 3 is 2.28 bits per heavy atom. The summed E-state index contributed by atoms with van der Waals surface area (Å²) in [5.74, 6) is -0.352. The minimum Gasteiger partial charge on any atom is -0.394 e. The third-order valence-corrected chi connectivity index (χ3v) is 5.53. The van der Waals surface area contributed by atoms with Crippen molar-refractivity contribution in [1.82, 2.24) is 9.88 Å². The molecule has 0 unspecified atom stereocenters. The van der Waals surface area contributed by atoms with Gasteiger partial charge >= 0.3 is 0 Å². The topological polar surface area (TPSA) is 77.2 Å². The van der Waals surface area contributed by atoms with Crippen LogP contribution in [-0.4, -0.2) is 39.6 Å². The number of aliphatic hydroxyl groups excluding tert-OH is 1. The highest BCUT2D eigenvalue weighted by Gasteiger charge is 2.51. The second-order valence-electron chi connectivity index (χ2n) is 7.17. The first-order valence-electron chi connectivity index (χ1n) is 9.59. The van der Waals surface area contributed by atoms with Crippen LogP contribution in [0.1, 0.15) is 17.0 Å². The summed E-state index contributed by atoms with van der Waals surface area (Å²) < 4.78 is 0. The molecule has 1 saturated heterocycles. The highest BCUT2D eigenvalue weighted by atomic mass is 16.3. The monoisotopic (exact) mass is 383 g/mol. The summed E-state index contributed by atoms with van der Waals surface area (Å²) in [7, 11) is 0. The highest BCUT2D eigenvalue weighted by molar-refractivity contribution is 5.81. The molecule has 4 rings (SSSR count). The molecule has 0 radical (unpaired) electrons. The van der Waals surface area contributed by atoms with Crippen molar-refractivity contribution in [2.45, 2.75) is 24.4 Å². The van der Waals surface area contributed by atoms with Crippen LogP contribution in [-0.2, 0) is 11.2 Å². The SMILES string of the molecule is N#C[C@H]1[C@H](c2ccc(-c3ccccc3)cc2)[C@H](CO)N1C(=O)Cc1ccncc1. The van der Waals surface area contributed by atoms with Gasteiger partial charge in [0.1, 0.15) is 6.04 Å². The predicted molar refractivity (Wildman–Crippen MR) is 110 cm³/mol. The van der Waals surface area contributed by atoms with Crippen molar-refractivity contribution in [1.29, 1.82) is 5.26 Å². The van der Waals surface area contributed by atoms with Crippen LogP contribution in [0.3, 0.4) is 0 Å². The van der Waals surface area contributed by atoms with Crippen molar-refractivity contribution in [3.05, 3.63) is 90.3 Å². The van der Waals surface area contributed by atoms with E-state index in [-0.39, 0.29) is 24.9 Å². The van der Waals surface area contributed by atoms with E-state index in [4.69, 9.17) is 0 Å². The fourth-order valence-corrected chi connectivity index (χ4v) is 4.04. The summed E-state index contributed by atoms with van der Waals surface area (Å²) in [6.45, 7) is -0.175. The maximum atomic E-state index is 12.8. The van der Waals surface area contributed by atoms with Gasteiger partial charge in [0.15, 0.2) is 0 Å². The van der Waals surface area contributed by atoms with E-state index in [1.807, 2.05) is 54.6 Å². The normalized spacial score (nSPS) is 20.6. The molecular weight excluding hydrogens is 362 g/mol. The van der Waals surface area contributed by atoms with Gasteiger partial charge in [-0.15, -0.1) is 0 Å². The summed E-state index contributed by atoms with van der Waals surface area (Å²) in [5.41, 5.74) is 4.02. The molecule has 0 saturated carbocycles. The molecule has 1 aliphatic rings. The third kappa shape index (κ3) is 3.63. The van der Waals surface area contributed by atoms with Crippen LogP contribution >= 0.6 is 0 Å². The standard InChI is InChI=1S/C24H21N3O2/c25-15-21-24(20-8-6-19(7-9-20)18-4-2-1-3-5-18)22(16-28)27(21)23(29)14-17-10-12-26-13-11-17/h1-13,21-22,24,28H,14,16H2/t21-,22-,24-/m0/s1. The fourth-order valence-electron chi connectivity index (χ4n) is 4.04. The quantitative estimate of drug-likeness (QED) is 0.734. The van der Waals surface area contributed by atoms with E-state index in [1.165, 1.54) is 4.90 Å². The van der Waals surface area contributed by atoms with Crippen LogP contribution < -0.4 is 0 Å². The lowest BCUT2D eigenvalue weighted by Crippen LogP contribution is -2.65. The zero-order valence-corrected chi connectivity index (χ0v) is 15.8. The molecule has 1 fully saturated rings. The van der Waals surface area contributed by atoms with Crippen molar-refractivity contribution in [2.75, 3.05) is 6.61 Å². The number of aromatic nitrogens is 1. The van der Waals surface area contributed by atoms with Crippen molar-refractivity contribution < 1.29 is 9.90 Å². The number of likely N-dealkylation sites (tertiary alicyclic amines) is 1. The van der Waals surface area contributed by atoms with E-state index in [0.29, 0.717) is 0 Å². The number of benzene rings is 2. The molecule has 1 amide bonds. The Morgan fingerprint density at radius 1 is 1.00 bits per heavy atom. The van der Waals surface area contributed by atoms with Gasteiger partial charge in [0, 0.05) is 18.3 Å². The predicted octanol–water partition coefficient (Wildman–Crippen LogP) is 3.17. The molecule has 29 heavy (non-hydrogen) atoms. The molecule has 144 valence electrons. The van der Waals surface area contributed by atoms with Crippen LogP contribution in [0.2, 0.25) is 0 Å². The molecule has 0 bridgehead atoms. The molecule has 1 N–H and O–H groups in total. The van der Waals surface area contributed by atoms with E-state index in [1.54, 1.807) is 24.5 Å². The van der Waals surface area contributed by atoms with Gasteiger partial charge in [0.05, 0.1) is 25.1 Å². The van der Waals surface area contributed by atoms with Gasteiger partial charge in [0.2, 0.25) is 5.91 Å². The number of hydrogen-bond donors (Lipinski definition) is 1. The van der Waals surface area contributed by atoms with Crippen LogP contribution in [0.4, 0.5) is 0 Å². The third-order valence-electron chi connectivity index (χ3n) is 5.53. The number of aliphatic hydroxyl groups is 1. The molecule has 3 aromatic rings. The van der Waals surface area contributed by atoms with Crippen molar-refractivity contribution in [3.8, 4) is 17.2 Å². The van der Waals surface area contributed by atoms with Crippen LogP contribution in [0.25, 0.3) is 11.1 Å². The summed E-state index contributed by atoms with van der Waals surface area (Å²) >= 11 is 0. The van der Waals surface area contributed by atoms with E-state index >= 15 is 0 Å². The largest absolute Gasteiger partial charge is 0.394 e. The molecule has 3 atom stereocenters. The average molecular weight is 383 g/mol. The molecule has 1 aromatic heterocycles. The second kappa shape index (κ2) is 8.26. The lowest BCUT2D eigenvalue weighted by Gasteiger charge is -2.51. The lowest BCUT2D eigenvalue weighted by molar-refractivity contribution is -0.146. The van der Waals surface area contributed by atoms with Gasteiger partial charge in [-0.05, 0) is 34.4 Å². The Morgan fingerprint density at radius 2 is 1.66 bits per heavy atom. The van der Waals surface area contributed by atoms with E-state index in [9.17, 15) is 15.2 Å². The maximum absolute atomic E-state index is 12.8. The smallest absolute Gasteiger partial charge is 0.228 e. The molecule has 5 heteroatoms. The first kappa shape index (κ1) is 18.9. The van der Waals surface area contributed by atoms with Crippen molar-refractivity contribution >= 4 is 5.91 Å². The van der Waals surface area contributed by atoms with Crippen LogP contribution in [0, 0.1) is 11.3 Å². The summed E-state index contributed by atoms with van der Waals surface area (Å²) in [5, 5.41) is 19.6. The van der Waals surface area contributed by atoms with Crippen LogP contribution in [0.5, 0.6) is 0 Å². The molecule has 5 nitrogen and oxygen atoms in total. The Bertz CT molecular complexity index is 1010. The average Bonchev–Trinajstić information content (AvgIpc) is 2.75. The minimum absolute atomic E-state index is 0.154. The Kier molecular flexibility index (Phi) is 5.37. The Labute approximate surface area is 169 Å². The summed E-state index contributed by atoms with van der Waals surface area (Å²) in [6, 6.07) is 22.9. The van der Waals surface area contributed by atoms with E-state index < -0.39 is 12.1 Å². The van der Waals surface area contributed by atoms with Gasteiger partial charge in [-0.25, -0.2) is 0 Å². The number of nitrogens with zero attached hydrogens (tertiary/aromatic N) is 3.